The molecule has 3 N–H and O–H groups in total. The molecule has 0 spiro atoms. The lowest BCUT2D eigenvalue weighted by Gasteiger charge is -2.16. The van der Waals surface area contributed by atoms with Crippen LogP contribution in [0.25, 0.3) is 0 Å². The third-order valence-corrected chi connectivity index (χ3v) is 2.86. The molecule has 1 aromatic rings. The minimum Gasteiger partial charge on any atom is -0.389 e. The first kappa shape index (κ1) is 17.0. The molecule has 2 amide bonds. The molecule has 0 aliphatic carbocycles. The smallest absolute Gasteiger partial charge is 0.272 e. The number of hydrogen-bond donors (Lipinski definition) is 2. The number of carbonyl (C=O) groups is 2. The third-order valence-electron chi connectivity index (χ3n) is 2.62. The number of ether oxygens (including phenoxy) is 1. The number of thiocarbonyl (C=S) groups is 1. The van der Waals surface area contributed by atoms with Crippen molar-refractivity contribution in [3.8, 4) is 0 Å². The molecule has 0 fully saturated rings. The number of amides is 2. The molecular weight excluding hydrogens is 292 g/mol. The van der Waals surface area contributed by atoms with Crippen LogP contribution in [0.15, 0.2) is 18.3 Å². The predicted octanol–water partition coefficient (Wildman–Crippen LogP) is -0.450. The summed E-state index contributed by atoms with van der Waals surface area (Å²) in [7, 11) is 3.07. The number of carbonyl (C=O) groups excluding carboxylic acids is 2. The second kappa shape index (κ2) is 8.28. The summed E-state index contributed by atoms with van der Waals surface area (Å²) < 4.78 is 4.82. The van der Waals surface area contributed by atoms with Crippen molar-refractivity contribution >= 4 is 29.0 Å². The van der Waals surface area contributed by atoms with Crippen molar-refractivity contribution in [3.63, 3.8) is 0 Å². The van der Waals surface area contributed by atoms with E-state index in [4.69, 9.17) is 22.7 Å². The molecule has 0 aromatic carbocycles. The maximum atomic E-state index is 12.1. The highest BCUT2D eigenvalue weighted by molar-refractivity contribution is 7.80. The van der Waals surface area contributed by atoms with E-state index < -0.39 is 0 Å². The van der Waals surface area contributed by atoms with E-state index in [-0.39, 0.29) is 29.0 Å². The van der Waals surface area contributed by atoms with Crippen LogP contribution in [0, 0.1) is 0 Å². The van der Waals surface area contributed by atoms with Gasteiger partial charge in [-0.15, -0.1) is 0 Å². The number of nitrogens with zero attached hydrogens (tertiary/aromatic N) is 2. The summed E-state index contributed by atoms with van der Waals surface area (Å²) >= 11 is 4.81. The average Bonchev–Trinajstić information content (AvgIpc) is 2.46. The van der Waals surface area contributed by atoms with Gasteiger partial charge in [-0.3, -0.25) is 14.6 Å². The van der Waals surface area contributed by atoms with Crippen molar-refractivity contribution in [2.45, 2.75) is 0 Å². The monoisotopic (exact) mass is 310 g/mol. The number of methoxy groups -OCH3 is 1. The van der Waals surface area contributed by atoms with Crippen molar-refractivity contribution in [3.05, 3.63) is 29.6 Å². The van der Waals surface area contributed by atoms with Crippen LogP contribution in [0.5, 0.6) is 0 Å². The lowest BCUT2D eigenvalue weighted by atomic mass is 10.2. The van der Waals surface area contributed by atoms with Gasteiger partial charge in [0.1, 0.15) is 10.7 Å². The number of pyridine rings is 1. The molecule has 114 valence electrons. The number of nitrogens with one attached hydrogen (secondary N) is 1. The number of rotatable bonds is 7. The molecule has 0 bridgehead atoms. The van der Waals surface area contributed by atoms with Gasteiger partial charge in [-0.05, 0) is 12.1 Å². The summed E-state index contributed by atoms with van der Waals surface area (Å²) in [6, 6.07) is 3.14. The molecule has 0 aliphatic heterocycles. The van der Waals surface area contributed by atoms with Crippen molar-refractivity contribution < 1.29 is 14.3 Å². The molecular formula is C13H18N4O3S. The van der Waals surface area contributed by atoms with Gasteiger partial charge in [-0.2, -0.15) is 0 Å². The molecule has 0 saturated carbocycles. The van der Waals surface area contributed by atoms with Crippen molar-refractivity contribution in [2.24, 2.45) is 5.73 Å². The first-order valence-electron chi connectivity index (χ1n) is 6.22. The standard InChI is InChI=1S/C13H18N4O3S/c1-17(8-11(18)15-5-6-20-2)13(19)10-4-3-9(7-16-10)12(14)21/h3-4,7H,5-6,8H2,1-2H3,(H2,14,21)(H,15,18). The minimum atomic E-state index is -0.355. The van der Waals surface area contributed by atoms with E-state index in [0.29, 0.717) is 18.7 Å². The summed E-state index contributed by atoms with van der Waals surface area (Å²) in [6.45, 7) is 0.769. The Kier molecular flexibility index (Phi) is 6.70. The molecule has 0 atom stereocenters. The summed E-state index contributed by atoms with van der Waals surface area (Å²) in [6.07, 6.45) is 1.43. The maximum Gasteiger partial charge on any atom is 0.272 e. The molecule has 8 heteroatoms. The largest absolute Gasteiger partial charge is 0.389 e. The molecule has 1 rings (SSSR count). The van der Waals surface area contributed by atoms with E-state index in [0.717, 1.165) is 0 Å². The van der Waals surface area contributed by atoms with Crippen LogP contribution in [0.4, 0.5) is 0 Å². The van der Waals surface area contributed by atoms with Gasteiger partial charge in [0.25, 0.3) is 5.91 Å². The topological polar surface area (TPSA) is 97.5 Å². The highest BCUT2D eigenvalue weighted by Crippen LogP contribution is 2.03. The number of likely N-dealkylation sites (N-methyl/N-ethyl adjacent to an activating group) is 1. The van der Waals surface area contributed by atoms with E-state index in [1.165, 1.54) is 24.2 Å². The number of aromatic nitrogens is 1. The second-order valence-corrected chi connectivity index (χ2v) is 4.74. The molecule has 21 heavy (non-hydrogen) atoms. The van der Waals surface area contributed by atoms with Gasteiger partial charge in [-0.25, -0.2) is 0 Å². The van der Waals surface area contributed by atoms with Gasteiger partial charge < -0.3 is 20.7 Å². The van der Waals surface area contributed by atoms with Crippen LogP contribution in [-0.2, 0) is 9.53 Å². The zero-order valence-electron chi connectivity index (χ0n) is 12.0. The van der Waals surface area contributed by atoms with E-state index in [1.54, 1.807) is 13.2 Å². The maximum absolute atomic E-state index is 12.1. The van der Waals surface area contributed by atoms with Gasteiger partial charge in [0.2, 0.25) is 5.91 Å². The third kappa shape index (κ3) is 5.44. The van der Waals surface area contributed by atoms with E-state index >= 15 is 0 Å². The molecule has 1 heterocycles. The van der Waals surface area contributed by atoms with Crippen molar-refractivity contribution in [2.75, 3.05) is 33.9 Å². The Labute approximate surface area is 128 Å². The summed E-state index contributed by atoms with van der Waals surface area (Å²) in [5.74, 6) is -0.617. The molecule has 0 unspecified atom stereocenters. The van der Waals surface area contributed by atoms with Crippen LogP contribution in [0.2, 0.25) is 0 Å². The predicted molar refractivity (Wildman–Crippen MR) is 82.0 cm³/mol. The van der Waals surface area contributed by atoms with Gasteiger partial charge in [0.15, 0.2) is 0 Å². The Hall–Kier alpha value is -2.06. The van der Waals surface area contributed by atoms with Crippen LogP contribution < -0.4 is 11.1 Å². The first-order chi connectivity index (χ1) is 9.95. The summed E-state index contributed by atoms with van der Waals surface area (Å²) in [4.78, 5) is 29.2. The minimum absolute atomic E-state index is 0.0543. The van der Waals surface area contributed by atoms with Crippen LogP contribution in [0.3, 0.4) is 0 Å². The van der Waals surface area contributed by atoms with Gasteiger partial charge in [0.05, 0.1) is 13.2 Å². The van der Waals surface area contributed by atoms with E-state index in [9.17, 15) is 9.59 Å². The Morgan fingerprint density at radius 3 is 2.71 bits per heavy atom. The fourth-order valence-electron chi connectivity index (χ4n) is 1.50. The normalized spacial score (nSPS) is 10.0. The Morgan fingerprint density at radius 1 is 1.48 bits per heavy atom. The second-order valence-electron chi connectivity index (χ2n) is 4.30. The lowest BCUT2D eigenvalue weighted by Crippen LogP contribution is -2.39. The molecule has 1 aromatic heterocycles. The van der Waals surface area contributed by atoms with Crippen LogP contribution in [-0.4, -0.2) is 60.5 Å². The highest BCUT2D eigenvalue weighted by atomic mass is 32.1. The van der Waals surface area contributed by atoms with Crippen LogP contribution in [0.1, 0.15) is 16.1 Å². The number of nitrogens with two attached hydrogens (primary N) is 1. The van der Waals surface area contributed by atoms with Crippen LogP contribution >= 0.6 is 12.2 Å². The van der Waals surface area contributed by atoms with Crippen molar-refractivity contribution in [1.29, 1.82) is 0 Å². The zero-order valence-corrected chi connectivity index (χ0v) is 12.8. The fourth-order valence-corrected chi connectivity index (χ4v) is 1.62. The van der Waals surface area contributed by atoms with E-state index in [2.05, 4.69) is 10.3 Å². The average molecular weight is 310 g/mol. The SMILES string of the molecule is COCCNC(=O)CN(C)C(=O)c1ccc(C(N)=S)cn1. The Bertz CT molecular complexity index is 519. The molecule has 7 nitrogen and oxygen atoms in total. The van der Waals surface area contributed by atoms with Crippen molar-refractivity contribution in [1.82, 2.24) is 15.2 Å². The highest BCUT2D eigenvalue weighted by Gasteiger charge is 2.16. The first-order valence-corrected chi connectivity index (χ1v) is 6.63. The molecule has 0 saturated heterocycles. The zero-order chi connectivity index (χ0) is 15.8. The van der Waals surface area contributed by atoms with Gasteiger partial charge in [0, 0.05) is 32.5 Å². The molecule has 0 aliphatic rings. The Morgan fingerprint density at radius 2 is 2.19 bits per heavy atom. The van der Waals surface area contributed by atoms with E-state index in [1.807, 2.05) is 0 Å². The summed E-state index contributed by atoms with van der Waals surface area (Å²) in [5, 5.41) is 2.63. The number of hydrogen-bond acceptors (Lipinski definition) is 5. The van der Waals surface area contributed by atoms with Gasteiger partial charge in [-0.1, -0.05) is 12.2 Å². The van der Waals surface area contributed by atoms with Gasteiger partial charge >= 0.3 is 0 Å². The quantitative estimate of drug-likeness (QED) is 0.523. The lowest BCUT2D eigenvalue weighted by molar-refractivity contribution is -0.121. The Balaban J connectivity index is 2.57. The fraction of sp³-hybridized carbons (Fsp3) is 0.385. The molecule has 0 radical (unpaired) electrons. The summed E-state index contributed by atoms with van der Waals surface area (Å²) in [5.41, 5.74) is 6.27.